The Kier molecular flexibility index (Phi) is 1.92. The van der Waals surface area contributed by atoms with Crippen molar-refractivity contribution in [3.05, 3.63) is 35.4 Å². The van der Waals surface area contributed by atoms with Gasteiger partial charge in [-0.15, -0.1) is 0 Å². The van der Waals surface area contributed by atoms with Crippen LogP contribution < -0.4 is 9.47 Å². The fourth-order valence-electron chi connectivity index (χ4n) is 4.22. The number of benzene rings is 1. The molecule has 0 aromatic heterocycles. The van der Waals surface area contributed by atoms with Gasteiger partial charge in [-0.2, -0.15) is 0 Å². The second-order valence-corrected chi connectivity index (χ2v) is 6.07. The first-order valence-electron chi connectivity index (χ1n) is 7.20. The van der Waals surface area contributed by atoms with Gasteiger partial charge in [0.15, 0.2) is 11.5 Å². The molecule has 3 atom stereocenters. The Balaban J connectivity index is 1.70. The van der Waals surface area contributed by atoms with E-state index in [1.807, 2.05) is 0 Å². The Morgan fingerprint density at radius 1 is 1.20 bits per heavy atom. The molecule has 3 aliphatic heterocycles. The molecule has 4 nitrogen and oxygen atoms in total. The van der Waals surface area contributed by atoms with Crippen molar-refractivity contribution in [3.63, 3.8) is 0 Å². The largest absolute Gasteiger partial charge is 0.454 e. The van der Waals surface area contributed by atoms with E-state index in [0.29, 0.717) is 37.0 Å². The van der Waals surface area contributed by atoms with E-state index in [0.717, 1.165) is 24.5 Å². The highest BCUT2D eigenvalue weighted by molar-refractivity contribution is 5.80. The molecule has 4 heteroatoms. The minimum Gasteiger partial charge on any atom is -0.454 e. The number of hydrogen-bond acceptors (Lipinski definition) is 3. The highest BCUT2D eigenvalue weighted by Crippen LogP contribution is 2.49. The van der Waals surface area contributed by atoms with Gasteiger partial charge in [0.05, 0.1) is 0 Å². The summed E-state index contributed by atoms with van der Waals surface area (Å²) in [6.07, 6.45) is 6.24. The van der Waals surface area contributed by atoms with E-state index < -0.39 is 0 Å². The molecule has 5 rings (SSSR count). The van der Waals surface area contributed by atoms with Gasteiger partial charge in [0.2, 0.25) is 12.7 Å². The van der Waals surface area contributed by atoms with Crippen molar-refractivity contribution in [1.82, 2.24) is 4.90 Å². The van der Waals surface area contributed by atoms with Crippen LogP contribution in [0.5, 0.6) is 11.5 Å². The summed E-state index contributed by atoms with van der Waals surface area (Å²) in [6.45, 7) is 1.02. The van der Waals surface area contributed by atoms with Gasteiger partial charge < -0.3 is 14.4 Å². The zero-order valence-corrected chi connectivity index (χ0v) is 11.0. The number of ether oxygens (including phenoxy) is 2. The molecule has 1 aliphatic carbocycles. The average molecular weight is 269 g/mol. The number of rotatable bonds is 0. The fraction of sp³-hybridized carbons (Fsp3) is 0.438. The Morgan fingerprint density at radius 3 is 2.95 bits per heavy atom. The van der Waals surface area contributed by atoms with E-state index in [4.69, 9.17) is 9.47 Å². The van der Waals surface area contributed by atoms with E-state index in [9.17, 15) is 4.79 Å². The molecule has 20 heavy (non-hydrogen) atoms. The molecule has 1 amide bonds. The van der Waals surface area contributed by atoms with Crippen LogP contribution >= 0.6 is 0 Å². The molecule has 0 N–H and O–H groups in total. The predicted octanol–water partition coefficient (Wildman–Crippen LogP) is 2.19. The second-order valence-electron chi connectivity index (χ2n) is 6.07. The number of fused-ring (bicyclic) bond motifs is 3. The van der Waals surface area contributed by atoms with Crippen LogP contribution in [0.1, 0.15) is 29.9 Å². The zero-order chi connectivity index (χ0) is 13.3. The van der Waals surface area contributed by atoms with Gasteiger partial charge in [-0.3, -0.25) is 4.79 Å². The molecule has 0 radical (unpaired) electrons. The van der Waals surface area contributed by atoms with Crippen molar-refractivity contribution < 1.29 is 14.3 Å². The van der Waals surface area contributed by atoms with Gasteiger partial charge in [0.25, 0.3) is 0 Å². The number of carbonyl (C=O) groups excluding carboxylic acids is 1. The normalized spacial score (nSPS) is 32.3. The lowest BCUT2D eigenvalue weighted by Gasteiger charge is -2.41. The molecule has 4 aliphatic rings. The molecular weight excluding hydrogens is 254 g/mol. The maximum Gasteiger partial charge on any atom is 0.231 e. The highest BCUT2D eigenvalue weighted by Gasteiger charge is 2.48. The summed E-state index contributed by atoms with van der Waals surface area (Å²) in [5, 5.41) is 0. The van der Waals surface area contributed by atoms with E-state index in [1.54, 1.807) is 0 Å². The monoisotopic (exact) mass is 269 g/mol. The molecule has 1 saturated heterocycles. The highest BCUT2D eigenvalue weighted by atomic mass is 16.7. The summed E-state index contributed by atoms with van der Waals surface area (Å²) in [6, 6.07) is 4.52. The Hall–Kier alpha value is -1.97. The van der Waals surface area contributed by atoms with Gasteiger partial charge >= 0.3 is 0 Å². The SMILES string of the molecule is O=C1C[C@@H]2CC=C[C@@H]3c4cc5c(cc4CN1[C@H]23)OCO5. The van der Waals surface area contributed by atoms with Crippen molar-refractivity contribution in [2.24, 2.45) is 5.92 Å². The molecule has 102 valence electrons. The quantitative estimate of drug-likeness (QED) is 0.678. The predicted molar refractivity (Wildman–Crippen MR) is 71.5 cm³/mol. The van der Waals surface area contributed by atoms with Crippen LogP contribution in [0.15, 0.2) is 24.3 Å². The number of allylic oxidation sites excluding steroid dienone is 1. The summed E-state index contributed by atoms with van der Waals surface area (Å²) in [5.74, 6) is 2.76. The summed E-state index contributed by atoms with van der Waals surface area (Å²) in [7, 11) is 0. The van der Waals surface area contributed by atoms with Crippen molar-refractivity contribution in [1.29, 1.82) is 0 Å². The van der Waals surface area contributed by atoms with Crippen molar-refractivity contribution in [2.45, 2.75) is 31.3 Å². The third kappa shape index (κ3) is 1.24. The first kappa shape index (κ1) is 10.8. The van der Waals surface area contributed by atoms with Crippen LogP contribution in [-0.4, -0.2) is 23.6 Å². The Bertz CT molecular complexity index is 651. The van der Waals surface area contributed by atoms with Gasteiger partial charge in [0, 0.05) is 24.9 Å². The number of nitrogens with zero attached hydrogens (tertiary/aromatic N) is 1. The molecule has 0 bridgehead atoms. The van der Waals surface area contributed by atoms with E-state index >= 15 is 0 Å². The zero-order valence-electron chi connectivity index (χ0n) is 11.0. The van der Waals surface area contributed by atoms with Crippen LogP contribution in [0, 0.1) is 5.92 Å². The van der Waals surface area contributed by atoms with Gasteiger partial charge in [-0.25, -0.2) is 0 Å². The van der Waals surface area contributed by atoms with Gasteiger partial charge in [-0.05, 0) is 35.6 Å². The van der Waals surface area contributed by atoms with Crippen LogP contribution in [0.25, 0.3) is 0 Å². The Labute approximate surface area is 117 Å². The van der Waals surface area contributed by atoms with Crippen molar-refractivity contribution in [3.8, 4) is 11.5 Å². The van der Waals surface area contributed by atoms with Gasteiger partial charge in [-0.1, -0.05) is 12.2 Å². The summed E-state index contributed by atoms with van der Waals surface area (Å²) in [4.78, 5) is 14.3. The lowest BCUT2D eigenvalue weighted by Crippen LogP contribution is -2.43. The Morgan fingerprint density at radius 2 is 2.05 bits per heavy atom. The molecule has 1 fully saturated rings. The molecule has 1 aromatic carbocycles. The third-order valence-electron chi connectivity index (χ3n) is 5.08. The smallest absolute Gasteiger partial charge is 0.231 e. The summed E-state index contributed by atoms with van der Waals surface area (Å²) in [5.41, 5.74) is 2.52. The minimum atomic E-state index is 0.299. The van der Waals surface area contributed by atoms with Crippen LogP contribution in [0.4, 0.5) is 0 Å². The standard InChI is InChI=1S/C16H15NO3/c18-15-5-9-2-1-3-11-12-6-14-13(19-8-20-14)4-10(12)7-17(15)16(9)11/h1,3-4,6,9,11,16H,2,5,7-8H2/t9-,11+,16+/m0/s1. The molecule has 0 saturated carbocycles. The molecule has 3 heterocycles. The maximum absolute atomic E-state index is 12.2. The molecule has 0 spiro atoms. The number of amides is 1. The average Bonchev–Trinajstić information content (AvgIpc) is 3.03. The van der Waals surface area contributed by atoms with E-state index in [-0.39, 0.29) is 0 Å². The summed E-state index contributed by atoms with van der Waals surface area (Å²) < 4.78 is 11.0. The minimum absolute atomic E-state index is 0.299. The number of hydrogen-bond donors (Lipinski definition) is 0. The van der Waals surface area contributed by atoms with Crippen LogP contribution in [0.3, 0.4) is 0 Å². The topological polar surface area (TPSA) is 38.8 Å². The fourth-order valence-corrected chi connectivity index (χ4v) is 4.22. The van der Waals surface area contributed by atoms with Crippen LogP contribution in [0.2, 0.25) is 0 Å². The van der Waals surface area contributed by atoms with E-state index in [2.05, 4.69) is 29.2 Å². The third-order valence-corrected chi connectivity index (χ3v) is 5.08. The van der Waals surface area contributed by atoms with Crippen molar-refractivity contribution >= 4 is 5.91 Å². The lowest BCUT2D eigenvalue weighted by atomic mass is 9.75. The molecule has 0 unspecified atom stereocenters. The first-order chi connectivity index (χ1) is 9.81. The summed E-state index contributed by atoms with van der Waals surface area (Å²) >= 11 is 0. The number of carbonyl (C=O) groups is 1. The maximum atomic E-state index is 12.2. The first-order valence-corrected chi connectivity index (χ1v) is 7.20. The van der Waals surface area contributed by atoms with Crippen LogP contribution in [-0.2, 0) is 11.3 Å². The lowest BCUT2D eigenvalue weighted by molar-refractivity contribution is -0.130. The molecule has 1 aromatic rings. The molecular formula is C16H15NO3. The van der Waals surface area contributed by atoms with Crippen molar-refractivity contribution in [2.75, 3.05) is 6.79 Å². The van der Waals surface area contributed by atoms with E-state index in [1.165, 1.54) is 11.1 Å². The second kappa shape index (κ2) is 3.57. The van der Waals surface area contributed by atoms with Gasteiger partial charge in [0.1, 0.15) is 0 Å².